The number of amides is 1. The molecule has 0 spiro atoms. The molecule has 0 aromatic heterocycles. The van der Waals surface area contributed by atoms with E-state index >= 15 is 0 Å². The van der Waals surface area contributed by atoms with E-state index in [9.17, 15) is 19.5 Å². The van der Waals surface area contributed by atoms with Crippen LogP contribution in [0.25, 0.3) is 0 Å². The molecule has 1 aliphatic heterocycles. The number of nitrogens with zero attached hydrogens (tertiary/aromatic N) is 1. The highest BCUT2D eigenvalue weighted by Crippen LogP contribution is 2.48. The maximum atomic E-state index is 13.8. The van der Waals surface area contributed by atoms with Crippen LogP contribution in [-0.4, -0.2) is 69.6 Å². The molecular weight excluding hydrogens is 582 g/mol. The van der Waals surface area contributed by atoms with E-state index in [4.69, 9.17) is 28.4 Å². The maximum Gasteiger partial charge on any atom is 0.415 e. The van der Waals surface area contributed by atoms with Gasteiger partial charge in [0, 0.05) is 12.5 Å². The van der Waals surface area contributed by atoms with Gasteiger partial charge in [0.05, 0.1) is 46.7 Å². The molecular formula is C34H39NO10. The third-order valence-corrected chi connectivity index (χ3v) is 7.29. The molecule has 0 aliphatic carbocycles. The van der Waals surface area contributed by atoms with Gasteiger partial charge in [-0.2, -0.15) is 0 Å². The largest absolute Gasteiger partial charge is 0.495 e. The zero-order valence-electron chi connectivity index (χ0n) is 26.5. The Morgan fingerprint density at radius 2 is 1.58 bits per heavy atom. The number of benzene rings is 3. The molecule has 240 valence electrons. The van der Waals surface area contributed by atoms with Crippen molar-refractivity contribution < 1.29 is 47.9 Å². The van der Waals surface area contributed by atoms with E-state index in [-0.39, 0.29) is 53.7 Å². The van der Waals surface area contributed by atoms with Crippen LogP contribution in [0.2, 0.25) is 0 Å². The summed E-state index contributed by atoms with van der Waals surface area (Å²) in [7, 11) is 5.80. The number of aliphatic carboxylic acids is 1. The first-order chi connectivity index (χ1) is 21.4. The zero-order valence-corrected chi connectivity index (χ0v) is 26.5. The molecule has 0 fully saturated rings. The van der Waals surface area contributed by atoms with Crippen LogP contribution in [0, 0.1) is 5.92 Å². The molecule has 0 bridgehead atoms. The van der Waals surface area contributed by atoms with Gasteiger partial charge in [-0.3, -0.25) is 9.69 Å². The van der Waals surface area contributed by atoms with Crippen LogP contribution in [0.15, 0.2) is 54.6 Å². The Kier molecular flexibility index (Phi) is 10.1. The monoisotopic (exact) mass is 621 g/mol. The number of hydrogen-bond donors (Lipinski definition) is 1. The van der Waals surface area contributed by atoms with Crippen molar-refractivity contribution in [1.29, 1.82) is 0 Å². The summed E-state index contributed by atoms with van der Waals surface area (Å²) < 4.78 is 33.7. The van der Waals surface area contributed by atoms with Crippen molar-refractivity contribution >= 4 is 23.5 Å². The summed E-state index contributed by atoms with van der Waals surface area (Å²) in [5.74, 6) is -0.636. The van der Waals surface area contributed by atoms with Gasteiger partial charge < -0.3 is 33.5 Å². The normalized spacial score (nSPS) is 14.8. The molecule has 0 saturated carbocycles. The van der Waals surface area contributed by atoms with Crippen LogP contribution < -0.4 is 28.6 Å². The fraction of sp³-hybridized carbons (Fsp3) is 0.382. The molecule has 1 N–H and O–H groups in total. The number of ether oxygens (including phenoxy) is 6. The average molecular weight is 622 g/mol. The number of anilines is 1. The number of carboxylic acid groups (broad SMARTS) is 1. The van der Waals surface area contributed by atoms with E-state index < -0.39 is 29.6 Å². The van der Waals surface area contributed by atoms with E-state index in [0.717, 1.165) is 10.5 Å². The lowest BCUT2D eigenvalue weighted by molar-refractivity contribution is -0.138. The number of methoxy groups -OCH3 is 4. The first-order valence-electron chi connectivity index (χ1n) is 14.4. The van der Waals surface area contributed by atoms with Crippen molar-refractivity contribution in [3.05, 3.63) is 71.3 Å². The smallest absolute Gasteiger partial charge is 0.415 e. The van der Waals surface area contributed by atoms with Crippen LogP contribution in [0.5, 0.6) is 28.7 Å². The van der Waals surface area contributed by atoms with Crippen molar-refractivity contribution in [3.63, 3.8) is 0 Å². The lowest BCUT2D eigenvalue weighted by Gasteiger charge is -2.33. The van der Waals surface area contributed by atoms with Gasteiger partial charge in [-0.25, -0.2) is 9.59 Å². The topological polar surface area (TPSA) is 130 Å². The Balaban J connectivity index is 1.75. The Bertz CT molecular complexity index is 1550. The number of fused-ring (bicyclic) bond motifs is 1. The van der Waals surface area contributed by atoms with Crippen molar-refractivity contribution in [2.24, 2.45) is 5.92 Å². The second-order valence-corrected chi connectivity index (χ2v) is 11.5. The fourth-order valence-electron chi connectivity index (χ4n) is 5.27. The minimum Gasteiger partial charge on any atom is -0.495 e. The number of carbonyl (C=O) groups excluding carboxylic acids is 2. The fourth-order valence-corrected chi connectivity index (χ4v) is 5.27. The summed E-state index contributed by atoms with van der Waals surface area (Å²) in [4.78, 5) is 41.4. The number of Topliss-reactive ketones (excluding diaryl/α,β-unsaturated/α-hetero) is 1. The molecule has 2 atom stereocenters. The van der Waals surface area contributed by atoms with Gasteiger partial charge in [-0.15, -0.1) is 0 Å². The molecule has 11 nitrogen and oxygen atoms in total. The van der Waals surface area contributed by atoms with Crippen molar-refractivity contribution in [1.82, 2.24) is 0 Å². The van der Waals surface area contributed by atoms with Gasteiger partial charge in [-0.05, 0) is 50.5 Å². The molecule has 0 saturated heterocycles. The third-order valence-electron chi connectivity index (χ3n) is 7.29. The van der Waals surface area contributed by atoms with Crippen LogP contribution in [0.3, 0.4) is 0 Å². The van der Waals surface area contributed by atoms with E-state index in [2.05, 4.69) is 0 Å². The van der Waals surface area contributed by atoms with Crippen LogP contribution in [0.1, 0.15) is 42.3 Å². The number of carboxylic acids is 1. The molecule has 3 aromatic carbocycles. The highest BCUT2D eigenvalue weighted by Gasteiger charge is 2.38. The van der Waals surface area contributed by atoms with E-state index in [0.29, 0.717) is 17.1 Å². The second-order valence-electron chi connectivity index (χ2n) is 11.5. The van der Waals surface area contributed by atoms with E-state index in [1.165, 1.54) is 28.4 Å². The quantitative estimate of drug-likeness (QED) is 0.289. The summed E-state index contributed by atoms with van der Waals surface area (Å²) in [5, 5.41) is 10.4. The second kappa shape index (κ2) is 13.8. The highest BCUT2D eigenvalue weighted by molar-refractivity contribution is 6.05. The van der Waals surface area contributed by atoms with E-state index in [1.807, 2.05) is 6.07 Å². The van der Waals surface area contributed by atoms with Gasteiger partial charge in [0.15, 0.2) is 17.3 Å². The lowest BCUT2D eigenvalue weighted by atomic mass is 9.88. The molecule has 1 heterocycles. The van der Waals surface area contributed by atoms with Crippen LogP contribution >= 0.6 is 0 Å². The first-order valence-corrected chi connectivity index (χ1v) is 14.4. The lowest BCUT2D eigenvalue weighted by Crippen LogP contribution is -2.49. The first kappa shape index (κ1) is 33.0. The molecule has 1 unspecified atom stereocenters. The maximum absolute atomic E-state index is 13.8. The van der Waals surface area contributed by atoms with Crippen molar-refractivity contribution in [3.8, 4) is 28.7 Å². The summed E-state index contributed by atoms with van der Waals surface area (Å²) in [6.45, 7) is 5.19. The molecule has 11 heteroatoms. The SMILES string of the molecule is COc1ccc(CC2COc3cc(OC)c(OC)c(OC)c3C2=O)cc1N(C(=O)OC(C)(C)C)[C@@H](Cc1ccccc1)C(=O)O. The Labute approximate surface area is 262 Å². The highest BCUT2D eigenvalue weighted by atomic mass is 16.6. The number of ketones is 1. The number of hydrogen-bond acceptors (Lipinski definition) is 9. The van der Waals surface area contributed by atoms with E-state index in [1.54, 1.807) is 69.3 Å². The zero-order chi connectivity index (χ0) is 32.9. The number of rotatable bonds is 11. The molecule has 4 rings (SSSR count). The minimum atomic E-state index is -1.33. The molecule has 1 aliphatic rings. The predicted molar refractivity (Wildman–Crippen MR) is 166 cm³/mol. The Morgan fingerprint density at radius 3 is 2.16 bits per heavy atom. The minimum absolute atomic E-state index is 0.0135. The Hall–Kier alpha value is -4.93. The van der Waals surface area contributed by atoms with Crippen LogP contribution in [-0.2, 0) is 22.4 Å². The molecule has 0 radical (unpaired) electrons. The van der Waals surface area contributed by atoms with Gasteiger partial charge in [0.1, 0.15) is 28.7 Å². The van der Waals surface area contributed by atoms with Crippen molar-refractivity contribution in [2.75, 3.05) is 39.9 Å². The van der Waals surface area contributed by atoms with Gasteiger partial charge in [0.2, 0.25) is 5.75 Å². The molecule has 3 aromatic rings. The predicted octanol–water partition coefficient (Wildman–Crippen LogP) is 5.59. The molecule has 1 amide bonds. The summed E-state index contributed by atoms with van der Waals surface area (Å²) >= 11 is 0. The Morgan fingerprint density at radius 1 is 0.911 bits per heavy atom. The summed E-state index contributed by atoms with van der Waals surface area (Å²) in [6, 6.07) is 14.3. The number of carbonyl (C=O) groups is 3. The average Bonchev–Trinajstić information content (AvgIpc) is 3.00. The van der Waals surface area contributed by atoms with Gasteiger partial charge >= 0.3 is 12.1 Å². The third kappa shape index (κ3) is 7.25. The van der Waals surface area contributed by atoms with Gasteiger partial charge in [0.25, 0.3) is 0 Å². The van der Waals surface area contributed by atoms with Crippen LogP contribution in [0.4, 0.5) is 10.5 Å². The molecule has 45 heavy (non-hydrogen) atoms. The standard InChI is InChI=1S/C34H39NO10/c1-34(2,3)45-33(39)35(24(32(37)38)16-20-11-9-8-10-12-20)23-17-21(13-14-25(23)40-4)15-22-19-44-26-18-27(41-5)30(42-6)31(43-7)28(26)29(22)36/h8-14,17-18,22,24H,15-16,19H2,1-7H3,(H,37,38)/t22?,24-/m0/s1. The summed E-state index contributed by atoms with van der Waals surface area (Å²) in [6.07, 6.45) is -0.622. The van der Waals surface area contributed by atoms with Crippen molar-refractivity contribution in [2.45, 2.75) is 45.3 Å². The summed E-state index contributed by atoms with van der Waals surface area (Å²) in [5.41, 5.74) is 0.898. The van der Waals surface area contributed by atoms with Gasteiger partial charge in [-0.1, -0.05) is 36.4 Å².